The van der Waals surface area contributed by atoms with Crippen molar-refractivity contribution >= 4 is 0 Å². The van der Waals surface area contributed by atoms with E-state index in [1.165, 1.54) is 25.7 Å². The van der Waals surface area contributed by atoms with Crippen molar-refractivity contribution in [2.24, 2.45) is 0 Å². The summed E-state index contributed by atoms with van der Waals surface area (Å²) >= 11 is 0. The molecule has 2 N–H and O–H groups in total. The number of likely N-dealkylation sites (tertiary alicyclic amines) is 1. The molecule has 1 heterocycles. The lowest BCUT2D eigenvalue weighted by Crippen LogP contribution is -2.42. The normalized spacial score (nSPS) is 43.4. The summed E-state index contributed by atoms with van der Waals surface area (Å²) < 4.78 is 0. The van der Waals surface area contributed by atoms with Crippen LogP contribution in [-0.4, -0.2) is 47.8 Å². The number of hydrogen-bond donors (Lipinski definition) is 2. The molecule has 2 rings (SSSR count). The Labute approximate surface area is 92.8 Å². The van der Waals surface area contributed by atoms with E-state index < -0.39 is 5.60 Å². The second-order valence-corrected chi connectivity index (χ2v) is 5.51. The predicted octanol–water partition coefficient (Wildman–Crippen LogP) is 0.974. The summed E-state index contributed by atoms with van der Waals surface area (Å²) in [6, 6.07) is 1.45. The Balaban J connectivity index is 1.81. The van der Waals surface area contributed by atoms with E-state index in [2.05, 4.69) is 17.3 Å². The van der Waals surface area contributed by atoms with Gasteiger partial charge < -0.3 is 10.4 Å². The SMILES string of the molecule is CNC1CCC(N2CCC(C)(O)C2)CC1. The summed E-state index contributed by atoms with van der Waals surface area (Å²) in [4.78, 5) is 2.49. The molecule has 0 aromatic carbocycles. The number of β-amino-alcohol motifs (C(OH)–C–C–N with tert-alkyl or cyclic N) is 1. The first-order chi connectivity index (χ1) is 7.11. The molecule has 3 nitrogen and oxygen atoms in total. The van der Waals surface area contributed by atoms with E-state index in [0.717, 1.165) is 31.6 Å². The monoisotopic (exact) mass is 212 g/mol. The van der Waals surface area contributed by atoms with Gasteiger partial charge in [-0.3, -0.25) is 4.90 Å². The van der Waals surface area contributed by atoms with Crippen LogP contribution >= 0.6 is 0 Å². The maximum absolute atomic E-state index is 9.94. The van der Waals surface area contributed by atoms with Gasteiger partial charge in [0.2, 0.25) is 0 Å². The van der Waals surface area contributed by atoms with Gasteiger partial charge in [-0.2, -0.15) is 0 Å². The largest absolute Gasteiger partial charge is 0.389 e. The Morgan fingerprint density at radius 3 is 2.40 bits per heavy atom. The van der Waals surface area contributed by atoms with Gasteiger partial charge in [0.1, 0.15) is 0 Å². The molecule has 1 unspecified atom stereocenters. The summed E-state index contributed by atoms with van der Waals surface area (Å²) in [6.45, 7) is 3.93. The quantitative estimate of drug-likeness (QED) is 0.716. The van der Waals surface area contributed by atoms with Crippen molar-refractivity contribution in [2.45, 2.75) is 56.7 Å². The lowest BCUT2D eigenvalue weighted by atomic mass is 9.90. The summed E-state index contributed by atoms with van der Waals surface area (Å²) in [6.07, 6.45) is 6.11. The average molecular weight is 212 g/mol. The molecule has 1 saturated heterocycles. The molecule has 0 radical (unpaired) electrons. The molecule has 0 bridgehead atoms. The fourth-order valence-electron chi connectivity index (χ4n) is 3.02. The van der Waals surface area contributed by atoms with Crippen LogP contribution in [0.2, 0.25) is 0 Å². The minimum atomic E-state index is -0.431. The minimum Gasteiger partial charge on any atom is -0.389 e. The van der Waals surface area contributed by atoms with Crippen LogP contribution in [0.5, 0.6) is 0 Å². The van der Waals surface area contributed by atoms with Crippen molar-refractivity contribution < 1.29 is 5.11 Å². The highest BCUT2D eigenvalue weighted by atomic mass is 16.3. The number of hydrogen-bond acceptors (Lipinski definition) is 3. The first-order valence-electron chi connectivity index (χ1n) is 6.24. The van der Waals surface area contributed by atoms with Gasteiger partial charge >= 0.3 is 0 Å². The molecule has 0 amide bonds. The second kappa shape index (κ2) is 4.40. The van der Waals surface area contributed by atoms with Crippen molar-refractivity contribution in [3.8, 4) is 0 Å². The highest BCUT2D eigenvalue weighted by molar-refractivity contribution is 4.91. The average Bonchev–Trinajstić information content (AvgIpc) is 2.59. The number of nitrogens with zero attached hydrogens (tertiary/aromatic N) is 1. The highest BCUT2D eigenvalue weighted by Crippen LogP contribution is 2.29. The van der Waals surface area contributed by atoms with Gasteiger partial charge in [-0.25, -0.2) is 0 Å². The molecule has 0 spiro atoms. The summed E-state index contributed by atoms with van der Waals surface area (Å²) in [7, 11) is 2.06. The summed E-state index contributed by atoms with van der Waals surface area (Å²) in [5.74, 6) is 0. The van der Waals surface area contributed by atoms with Gasteiger partial charge in [0, 0.05) is 25.2 Å². The molecule has 0 aromatic heterocycles. The van der Waals surface area contributed by atoms with E-state index in [4.69, 9.17) is 0 Å². The van der Waals surface area contributed by atoms with Crippen molar-refractivity contribution in [1.82, 2.24) is 10.2 Å². The molecule has 1 atom stereocenters. The highest BCUT2D eigenvalue weighted by Gasteiger charge is 2.36. The molecular weight excluding hydrogens is 188 g/mol. The fourth-order valence-corrected chi connectivity index (χ4v) is 3.02. The lowest BCUT2D eigenvalue weighted by molar-refractivity contribution is 0.0571. The predicted molar refractivity (Wildman–Crippen MR) is 61.9 cm³/mol. The maximum atomic E-state index is 9.94. The lowest BCUT2D eigenvalue weighted by Gasteiger charge is -2.34. The topological polar surface area (TPSA) is 35.5 Å². The third kappa shape index (κ3) is 2.71. The third-order valence-corrected chi connectivity index (χ3v) is 4.10. The number of aliphatic hydroxyl groups is 1. The molecule has 2 aliphatic rings. The first kappa shape index (κ1) is 11.4. The second-order valence-electron chi connectivity index (χ2n) is 5.51. The summed E-state index contributed by atoms with van der Waals surface area (Å²) in [5, 5.41) is 13.3. The molecular formula is C12H24N2O. The zero-order chi connectivity index (χ0) is 10.9. The van der Waals surface area contributed by atoms with Gasteiger partial charge in [-0.15, -0.1) is 0 Å². The Bertz CT molecular complexity index is 210. The van der Waals surface area contributed by atoms with E-state index in [0.29, 0.717) is 0 Å². The zero-order valence-electron chi connectivity index (χ0n) is 10.00. The van der Waals surface area contributed by atoms with Crippen LogP contribution < -0.4 is 5.32 Å². The number of rotatable bonds is 2. The molecule has 1 saturated carbocycles. The van der Waals surface area contributed by atoms with Crippen LogP contribution in [0, 0.1) is 0 Å². The van der Waals surface area contributed by atoms with Crippen molar-refractivity contribution in [3.05, 3.63) is 0 Å². The van der Waals surface area contributed by atoms with Crippen LogP contribution in [0.4, 0.5) is 0 Å². The Kier molecular flexibility index (Phi) is 3.33. The fraction of sp³-hybridized carbons (Fsp3) is 1.00. The molecule has 15 heavy (non-hydrogen) atoms. The van der Waals surface area contributed by atoms with Crippen molar-refractivity contribution in [1.29, 1.82) is 0 Å². The Morgan fingerprint density at radius 2 is 1.93 bits per heavy atom. The molecule has 3 heteroatoms. The Hall–Kier alpha value is -0.120. The van der Waals surface area contributed by atoms with Crippen LogP contribution in [0.25, 0.3) is 0 Å². The van der Waals surface area contributed by atoms with Crippen LogP contribution in [-0.2, 0) is 0 Å². The minimum absolute atomic E-state index is 0.431. The van der Waals surface area contributed by atoms with E-state index >= 15 is 0 Å². The van der Waals surface area contributed by atoms with E-state index in [1.54, 1.807) is 0 Å². The van der Waals surface area contributed by atoms with Crippen LogP contribution in [0.3, 0.4) is 0 Å². The zero-order valence-corrected chi connectivity index (χ0v) is 10.00. The van der Waals surface area contributed by atoms with Gasteiger partial charge in [0.25, 0.3) is 0 Å². The van der Waals surface area contributed by atoms with Crippen LogP contribution in [0.15, 0.2) is 0 Å². The molecule has 0 aromatic rings. The van der Waals surface area contributed by atoms with Crippen LogP contribution in [0.1, 0.15) is 39.0 Å². The number of nitrogens with one attached hydrogen (secondary N) is 1. The molecule has 2 fully saturated rings. The van der Waals surface area contributed by atoms with E-state index in [9.17, 15) is 5.11 Å². The van der Waals surface area contributed by atoms with Gasteiger partial charge in [0.05, 0.1) is 5.60 Å². The van der Waals surface area contributed by atoms with Gasteiger partial charge in [-0.05, 0) is 46.1 Å². The molecule has 1 aliphatic carbocycles. The Morgan fingerprint density at radius 1 is 1.27 bits per heavy atom. The first-order valence-corrected chi connectivity index (χ1v) is 6.24. The third-order valence-electron chi connectivity index (χ3n) is 4.10. The molecule has 1 aliphatic heterocycles. The van der Waals surface area contributed by atoms with Gasteiger partial charge in [-0.1, -0.05) is 0 Å². The van der Waals surface area contributed by atoms with Gasteiger partial charge in [0.15, 0.2) is 0 Å². The standard InChI is InChI=1S/C12H24N2O/c1-12(15)7-8-14(9-12)11-5-3-10(13-2)4-6-11/h10-11,13,15H,3-9H2,1-2H3. The maximum Gasteiger partial charge on any atom is 0.0758 e. The summed E-state index contributed by atoms with van der Waals surface area (Å²) in [5.41, 5.74) is -0.431. The smallest absolute Gasteiger partial charge is 0.0758 e. The van der Waals surface area contributed by atoms with Crippen molar-refractivity contribution in [2.75, 3.05) is 20.1 Å². The van der Waals surface area contributed by atoms with Crippen molar-refractivity contribution in [3.63, 3.8) is 0 Å². The van der Waals surface area contributed by atoms with E-state index in [-0.39, 0.29) is 0 Å². The van der Waals surface area contributed by atoms with E-state index in [1.807, 2.05) is 6.92 Å². The molecule has 88 valence electrons.